The summed E-state index contributed by atoms with van der Waals surface area (Å²) in [5, 5.41) is 5.71. The topological polar surface area (TPSA) is 31.9 Å². The summed E-state index contributed by atoms with van der Waals surface area (Å²) >= 11 is 0. The van der Waals surface area contributed by atoms with Crippen molar-refractivity contribution in [2.24, 2.45) is 0 Å². The highest BCUT2D eigenvalue weighted by Crippen LogP contribution is 2.03. The first kappa shape index (κ1) is 6.58. The molecule has 10 heavy (non-hydrogen) atoms. The molecule has 0 aromatic carbocycles. The quantitative estimate of drug-likeness (QED) is 0.437. The van der Waals surface area contributed by atoms with Gasteiger partial charge >= 0.3 is 0 Å². The molecule has 2 fully saturated rings. The summed E-state index contributed by atoms with van der Waals surface area (Å²) in [6, 6.07) is 0.869. The molecule has 2 heterocycles. The normalized spacial score (nSPS) is 30.0. The predicted octanol–water partition coefficient (Wildman–Crippen LogP) is -2.16. The third-order valence-electron chi connectivity index (χ3n) is 2.52. The second-order valence-electron chi connectivity index (χ2n) is 3.21. The molecule has 0 unspecified atom stereocenters. The first-order valence-electron chi connectivity index (χ1n) is 4.23. The zero-order valence-corrected chi connectivity index (χ0v) is 6.34. The highest BCUT2D eigenvalue weighted by Gasteiger charge is 2.26. The Kier molecular flexibility index (Phi) is 1.88. The van der Waals surface area contributed by atoms with Crippen LogP contribution in [0.4, 0.5) is 0 Å². The molecule has 2 saturated heterocycles. The summed E-state index contributed by atoms with van der Waals surface area (Å²) in [5.41, 5.74) is 0. The molecule has 0 amide bonds. The minimum atomic E-state index is 0.869. The van der Waals surface area contributed by atoms with Gasteiger partial charge in [0, 0.05) is 32.2 Å². The second-order valence-corrected chi connectivity index (χ2v) is 3.21. The predicted molar refractivity (Wildman–Crippen MR) is 39.9 cm³/mol. The fourth-order valence-corrected chi connectivity index (χ4v) is 1.67. The lowest BCUT2D eigenvalue weighted by atomic mass is 10.1. The van der Waals surface area contributed by atoms with Crippen molar-refractivity contribution in [2.75, 3.05) is 39.3 Å². The highest BCUT2D eigenvalue weighted by molar-refractivity contribution is 4.84. The van der Waals surface area contributed by atoms with Gasteiger partial charge in [-0.1, -0.05) is 0 Å². The SMILES string of the molecule is C1CN(C2CNC2)CC[NH2+]1. The summed E-state index contributed by atoms with van der Waals surface area (Å²) in [5.74, 6) is 0. The first-order chi connectivity index (χ1) is 4.97. The van der Waals surface area contributed by atoms with E-state index in [0.717, 1.165) is 6.04 Å². The monoisotopic (exact) mass is 142 g/mol. The lowest BCUT2D eigenvalue weighted by Gasteiger charge is -2.39. The van der Waals surface area contributed by atoms with Gasteiger partial charge in [0.1, 0.15) is 0 Å². The van der Waals surface area contributed by atoms with E-state index in [0.29, 0.717) is 0 Å². The van der Waals surface area contributed by atoms with Crippen molar-refractivity contribution < 1.29 is 5.32 Å². The molecule has 0 saturated carbocycles. The van der Waals surface area contributed by atoms with E-state index in [-0.39, 0.29) is 0 Å². The molecule has 2 aliphatic heterocycles. The van der Waals surface area contributed by atoms with Gasteiger partial charge in [0.05, 0.1) is 13.1 Å². The van der Waals surface area contributed by atoms with Crippen LogP contribution in [0.25, 0.3) is 0 Å². The number of hydrogen-bond donors (Lipinski definition) is 2. The Bertz CT molecular complexity index is 105. The van der Waals surface area contributed by atoms with Gasteiger partial charge in [0.25, 0.3) is 0 Å². The third kappa shape index (κ3) is 1.17. The van der Waals surface area contributed by atoms with Gasteiger partial charge in [-0.3, -0.25) is 4.90 Å². The fourth-order valence-electron chi connectivity index (χ4n) is 1.67. The zero-order chi connectivity index (χ0) is 6.81. The standard InChI is InChI=1S/C7H15N3/c1-3-10(4-2-8-1)7-5-9-6-7/h7-9H,1-6H2/p+1. The summed E-state index contributed by atoms with van der Waals surface area (Å²) in [4.78, 5) is 2.61. The van der Waals surface area contributed by atoms with Gasteiger partial charge in [-0.05, 0) is 0 Å². The molecule has 0 aliphatic carbocycles. The van der Waals surface area contributed by atoms with Crippen molar-refractivity contribution in [1.29, 1.82) is 0 Å². The van der Waals surface area contributed by atoms with Crippen LogP contribution in [-0.4, -0.2) is 50.2 Å². The Hall–Kier alpha value is -0.120. The van der Waals surface area contributed by atoms with Crippen molar-refractivity contribution in [3.05, 3.63) is 0 Å². The average Bonchev–Trinajstić information content (AvgIpc) is 1.86. The summed E-state index contributed by atoms with van der Waals surface area (Å²) in [6.45, 7) is 7.64. The van der Waals surface area contributed by atoms with E-state index in [4.69, 9.17) is 0 Å². The van der Waals surface area contributed by atoms with Crippen molar-refractivity contribution in [2.45, 2.75) is 6.04 Å². The van der Waals surface area contributed by atoms with E-state index < -0.39 is 0 Å². The largest absolute Gasteiger partial charge is 0.344 e. The number of nitrogens with zero attached hydrogens (tertiary/aromatic N) is 1. The van der Waals surface area contributed by atoms with Crippen LogP contribution in [0, 0.1) is 0 Å². The number of quaternary nitrogens is 1. The third-order valence-corrected chi connectivity index (χ3v) is 2.52. The molecule has 0 atom stereocenters. The van der Waals surface area contributed by atoms with Crippen molar-refractivity contribution >= 4 is 0 Å². The smallest absolute Gasteiger partial charge is 0.0885 e. The minimum absolute atomic E-state index is 0.869. The average molecular weight is 142 g/mol. The molecular formula is C7H16N3+. The number of rotatable bonds is 1. The summed E-state index contributed by atoms with van der Waals surface area (Å²) < 4.78 is 0. The Morgan fingerprint density at radius 3 is 2.40 bits per heavy atom. The van der Waals surface area contributed by atoms with Crippen molar-refractivity contribution in [3.63, 3.8) is 0 Å². The van der Waals surface area contributed by atoms with E-state index in [1.54, 1.807) is 0 Å². The van der Waals surface area contributed by atoms with E-state index in [1.165, 1.54) is 39.3 Å². The molecule has 3 heteroatoms. The van der Waals surface area contributed by atoms with Gasteiger partial charge in [-0.15, -0.1) is 0 Å². The molecule has 0 aromatic rings. The van der Waals surface area contributed by atoms with Crippen LogP contribution in [-0.2, 0) is 0 Å². The molecule has 2 aliphatic rings. The van der Waals surface area contributed by atoms with Crippen molar-refractivity contribution in [3.8, 4) is 0 Å². The highest BCUT2D eigenvalue weighted by atomic mass is 15.3. The van der Waals surface area contributed by atoms with E-state index in [9.17, 15) is 0 Å². The molecular weight excluding hydrogens is 126 g/mol. The number of hydrogen-bond acceptors (Lipinski definition) is 2. The molecule has 3 N–H and O–H groups in total. The molecule has 0 spiro atoms. The Morgan fingerprint density at radius 2 is 1.90 bits per heavy atom. The Morgan fingerprint density at radius 1 is 1.20 bits per heavy atom. The van der Waals surface area contributed by atoms with Crippen LogP contribution in [0.5, 0.6) is 0 Å². The summed E-state index contributed by atoms with van der Waals surface area (Å²) in [6.07, 6.45) is 0. The summed E-state index contributed by atoms with van der Waals surface area (Å²) in [7, 11) is 0. The lowest BCUT2D eigenvalue weighted by molar-refractivity contribution is -0.663. The minimum Gasteiger partial charge on any atom is -0.344 e. The molecule has 0 bridgehead atoms. The van der Waals surface area contributed by atoms with E-state index in [2.05, 4.69) is 15.5 Å². The maximum absolute atomic E-state index is 3.31. The van der Waals surface area contributed by atoms with Crippen LogP contribution in [0.3, 0.4) is 0 Å². The molecule has 0 radical (unpaired) electrons. The van der Waals surface area contributed by atoms with Gasteiger partial charge < -0.3 is 10.6 Å². The fraction of sp³-hybridized carbons (Fsp3) is 1.00. The second kappa shape index (κ2) is 2.86. The number of nitrogens with two attached hydrogens (primary N) is 1. The molecule has 0 aromatic heterocycles. The lowest BCUT2D eigenvalue weighted by Crippen LogP contribution is -2.90. The van der Waals surface area contributed by atoms with Crippen LogP contribution < -0.4 is 10.6 Å². The van der Waals surface area contributed by atoms with Gasteiger partial charge in [0.15, 0.2) is 0 Å². The van der Waals surface area contributed by atoms with E-state index in [1.807, 2.05) is 0 Å². The zero-order valence-electron chi connectivity index (χ0n) is 6.34. The molecule has 2 rings (SSSR count). The van der Waals surface area contributed by atoms with Crippen LogP contribution in [0.1, 0.15) is 0 Å². The van der Waals surface area contributed by atoms with Gasteiger partial charge in [-0.2, -0.15) is 0 Å². The maximum Gasteiger partial charge on any atom is 0.0885 e. The van der Waals surface area contributed by atoms with Crippen molar-refractivity contribution in [1.82, 2.24) is 10.2 Å². The molecule has 58 valence electrons. The number of piperazine rings is 1. The Balaban J connectivity index is 1.78. The van der Waals surface area contributed by atoms with Gasteiger partial charge in [0.2, 0.25) is 0 Å². The maximum atomic E-state index is 3.31. The molecule has 3 nitrogen and oxygen atoms in total. The number of nitrogens with one attached hydrogen (secondary N) is 1. The Labute approximate surface area is 61.8 Å². The van der Waals surface area contributed by atoms with E-state index >= 15 is 0 Å². The van der Waals surface area contributed by atoms with Crippen LogP contribution >= 0.6 is 0 Å². The van der Waals surface area contributed by atoms with Crippen LogP contribution in [0.15, 0.2) is 0 Å². The van der Waals surface area contributed by atoms with Gasteiger partial charge in [-0.25, -0.2) is 0 Å². The first-order valence-corrected chi connectivity index (χ1v) is 4.23. The van der Waals surface area contributed by atoms with Crippen LogP contribution in [0.2, 0.25) is 0 Å².